The quantitative estimate of drug-likeness (QED) is 0.709. The lowest BCUT2D eigenvalue weighted by Gasteiger charge is -2.29. The Hall–Kier alpha value is -3.42. The zero-order chi connectivity index (χ0) is 24.5. The summed E-state index contributed by atoms with van der Waals surface area (Å²) in [5.41, 5.74) is 4.22. The predicted molar refractivity (Wildman–Crippen MR) is 124 cm³/mol. The second kappa shape index (κ2) is 9.21. The molecular formula is C25H30FN3O4. The van der Waals surface area contributed by atoms with Gasteiger partial charge in [0.05, 0.1) is 11.6 Å². The highest BCUT2D eigenvalue weighted by Gasteiger charge is 2.35. The summed E-state index contributed by atoms with van der Waals surface area (Å²) in [6.07, 6.45) is -0.734. The van der Waals surface area contributed by atoms with Crippen LogP contribution in [-0.4, -0.2) is 29.6 Å². The summed E-state index contributed by atoms with van der Waals surface area (Å²) in [6.45, 7) is 10.5. The van der Waals surface area contributed by atoms with Crippen LogP contribution in [0.3, 0.4) is 0 Å². The Morgan fingerprint density at radius 1 is 1.09 bits per heavy atom. The summed E-state index contributed by atoms with van der Waals surface area (Å²) in [5, 5.41) is 3.73. The molecule has 0 aromatic heterocycles. The predicted octanol–water partition coefficient (Wildman–Crippen LogP) is 4.52. The van der Waals surface area contributed by atoms with Crippen LogP contribution >= 0.6 is 0 Å². The number of carbonyl (C=O) groups is 3. The van der Waals surface area contributed by atoms with Crippen LogP contribution < -0.4 is 15.8 Å². The molecule has 0 radical (unpaired) electrons. The average molecular weight is 456 g/mol. The molecule has 0 saturated carbocycles. The molecule has 0 bridgehead atoms. The Bertz CT molecular complexity index is 1080. The Morgan fingerprint density at radius 2 is 1.76 bits per heavy atom. The summed E-state index contributed by atoms with van der Waals surface area (Å²) >= 11 is 0. The van der Waals surface area contributed by atoms with Gasteiger partial charge in [0.15, 0.2) is 0 Å². The van der Waals surface area contributed by atoms with E-state index in [0.29, 0.717) is 11.3 Å². The summed E-state index contributed by atoms with van der Waals surface area (Å²) in [4.78, 5) is 38.9. The number of halogens is 1. The first-order valence-corrected chi connectivity index (χ1v) is 10.9. The minimum atomic E-state index is -0.961. The van der Waals surface area contributed by atoms with E-state index in [0.717, 1.165) is 16.1 Å². The summed E-state index contributed by atoms with van der Waals surface area (Å²) < 4.78 is 19.4. The Morgan fingerprint density at radius 3 is 2.39 bits per heavy atom. The van der Waals surface area contributed by atoms with Gasteiger partial charge in [0.25, 0.3) is 11.8 Å². The molecule has 7 nitrogen and oxygen atoms in total. The SMILES string of the molecule is CC1C(=O)N(NC(=O)[C@@H](NC(=O)OC(C)(C)C)C(C)C)c2ccc(F)cc2-c2ccccc21. The number of rotatable bonds is 4. The van der Waals surface area contributed by atoms with Gasteiger partial charge in [-0.2, -0.15) is 0 Å². The zero-order valence-electron chi connectivity index (χ0n) is 19.7. The Kier molecular flexibility index (Phi) is 6.76. The molecule has 0 fully saturated rings. The van der Waals surface area contributed by atoms with Crippen LogP contribution in [0.2, 0.25) is 0 Å². The molecule has 0 aliphatic carbocycles. The van der Waals surface area contributed by atoms with Crippen LogP contribution in [0.4, 0.5) is 14.9 Å². The first-order chi connectivity index (χ1) is 15.4. The van der Waals surface area contributed by atoms with Gasteiger partial charge in [-0.1, -0.05) is 38.1 Å². The van der Waals surface area contributed by atoms with Gasteiger partial charge in [-0.25, -0.2) is 14.2 Å². The molecule has 0 saturated heterocycles. The molecule has 3 rings (SSSR count). The fraction of sp³-hybridized carbons (Fsp3) is 0.400. The van der Waals surface area contributed by atoms with Crippen molar-refractivity contribution in [2.24, 2.45) is 5.92 Å². The van der Waals surface area contributed by atoms with Crippen molar-refractivity contribution < 1.29 is 23.5 Å². The van der Waals surface area contributed by atoms with Crippen LogP contribution in [0.1, 0.15) is 53.0 Å². The molecule has 0 spiro atoms. The number of hydrazine groups is 1. The van der Waals surface area contributed by atoms with E-state index in [4.69, 9.17) is 4.74 Å². The van der Waals surface area contributed by atoms with Crippen molar-refractivity contribution in [2.45, 2.75) is 59.1 Å². The van der Waals surface area contributed by atoms with Crippen LogP contribution in [0.15, 0.2) is 42.5 Å². The smallest absolute Gasteiger partial charge is 0.408 e. The van der Waals surface area contributed by atoms with Gasteiger partial charge >= 0.3 is 6.09 Å². The molecule has 8 heteroatoms. The highest BCUT2D eigenvalue weighted by atomic mass is 19.1. The van der Waals surface area contributed by atoms with Gasteiger partial charge in [-0.3, -0.25) is 15.0 Å². The topological polar surface area (TPSA) is 87.7 Å². The van der Waals surface area contributed by atoms with E-state index >= 15 is 0 Å². The van der Waals surface area contributed by atoms with Gasteiger partial charge < -0.3 is 10.1 Å². The number of alkyl carbamates (subject to hydrolysis) is 1. The Labute approximate surface area is 193 Å². The van der Waals surface area contributed by atoms with E-state index < -0.39 is 35.4 Å². The molecule has 1 aliphatic rings. The number of carbonyl (C=O) groups excluding carboxylic acids is 3. The summed E-state index contributed by atoms with van der Waals surface area (Å²) in [6, 6.07) is 10.4. The number of hydrogen-bond donors (Lipinski definition) is 2. The van der Waals surface area contributed by atoms with Crippen molar-refractivity contribution in [3.8, 4) is 11.1 Å². The minimum Gasteiger partial charge on any atom is -0.444 e. The molecule has 2 aromatic rings. The molecule has 1 unspecified atom stereocenters. The molecule has 2 N–H and O–H groups in total. The highest BCUT2D eigenvalue weighted by molar-refractivity contribution is 6.06. The number of fused-ring (bicyclic) bond motifs is 3. The minimum absolute atomic E-state index is 0.290. The van der Waals surface area contributed by atoms with E-state index in [2.05, 4.69) is 10.7 Å². The molecule has 33 heavy (non-hydrogen) atoms. The van der Waals surface area contributed by atoms with E-state index in [1.54, 1.807) is 41.5 Å². The van der Waals surface area contributed by atoms with Gasteiger partial charge in [-0.15, -0.1) is 0 Å². The lowest BCUT2D eigenvalue weighted by molar-refractivity contribution is -0.128. The molecular weight excluding hydrogens is 425 g/mol. The van der Waals surface area contributed by atoms with Crippen molar-refractivity contribution >= 4 is 23.6 Å². The number of benzene rings is 2. The van der Waals surface area contributed by atoms with Crippen molar-refractivity contribution in [1.29, 1.82) is 0 Å². The number of nitrogens with zero attached hydrogens (tertiary/aromatic N) is 1. The second-order valence-corrected chi connectivity index (χ2v) is 9.49. The number of anilines is 1. The van der Waals surface area contributed by atoms with E-state index in [9.17, 15) is 18.8 Å². The molecule has 2 aromatic carbocycles. The number of ether oxygens (including phenoxy) is 1. The standard InChI is InChI=1S/C25H30FN3O4/c1-14(2)21(27-24(32)33-25(4,5)6)22(30)28-29-20-12-11-16(26)13-19(20)18-10-8-7-9-17(18)15(3)23(29)31/h7-15,21H,1-6H3,(H,27,32)(H,28,30)/t15?,21-/m0/s1. The highest BCUT2D eigenvalue weighted by Crippen LogP contribution is 2.40. The van der Waals surface area contributed by atoms with Gasteiger partial charge in [0.2, 0.25) is 0 Å². The third kappa shape index (κ3) is 5.32. The van der Waals surface area contributed by atoms with Crippen molar-refractivity contribution in [1.82, 2.24) is 10.7 Å². The summed E-state index contributed by atoms with van der Waals surface area (Å²) in [5.74, 6) is -2.29. The maximum atomic E-state index is 14.2. The first-order valence-electron chi connectivity index (χ1n) is 10.9. The molecule has 2 atom stereocenters. The maximum absolute atomic E-state index is 14.2. The van der Waals surface area contributed by atoms with Crippen LogP contribution in [0, 0.1) is 11.7 Å². The summed E-state index contributed by atoms with van der Waals surface area (Å²) in [7, 11) is 0. The monoisotopic (exact) mass is 455 g/mol. The Balaban J connectivity index is 1.96. The fourth-order valence-electron chi connectivity index (χ4n) is 3.75. The van der Waals surface area contributed by atoms with Crippen molar-refractivity contribution in [3.63, 3.8) is 0 Å². The van der Waals surface area contributed by atoms with Gasteiger partial charge in [0.1, 0.15) is 17.5 Å². The van der Waals surface area contributed by atoms with Gasteiger partial charge in [-0.05, 0) is 62.9 Å². The third-order valence-corrected chi connectivity index (χ3v) is 5.35. The van der Waals surface area contributed by atoms with Crippen LogP contribution in [-0.2, 0) is 14.3 Å². The van der Waals surface area contributed by atoms with Gasteiger partial charge in [0, 0.05) is 5.56 Å². The van der Waals surface area contributed by atoms with Crippen LogP contribution in [0.25, 0.3) is 11.1 Å². The average Bonchev–Trinajstić information content (AvgIpc) is 2.80. The van der Waals surface area contributed by atoms with E-state index in [-0.39, 0.29) is 11.8 Å². The normalized spacial score (nSPS) is 16.4. The molecule has 3 amide bonds. The van der Waals surface area contributed by atoms with Crippen molar-refractivity contribution in [3.05, 3.63) is 53.8 Å². The molecule has 176 valence electrons. The lowest BCUT2D eigenvalue weighted by atomic mass is 9.92. The number of nitrogens with one attached hydrogen (secondary N) is 2. The molecule has 1 aliphatic heterocycles. The number of hydrogen-bond acceptors (Lipinski definition) is 4. The maximum Gasteiger partial charge on any atom is 0.408 e. The van der Waals surface area contributed by atoms with E-state index in [1.807, 2.05) is 24.3 Å². The van der Waals surface area contributed by atoms with E-state index in [1.165, 1.54) is 18.2 Å². The second-order valence-electron chi connectivity index (χ2n) is 9.49. The first kappa shape index (κ1) is 24.2. The third-order valence-electron chi connectivity index (χ3n) is 5.35. The number of amides is 3. The molecule has 1 heterocycles. The zero-order valence-corrected chi connectivity index (χ0v) is 19.7. The lowest BCUT2D eigenvalue weighted by Crippen LogP contribution is -2.57. The largest absolute Gasteiger partial charge is 0.444 e. The van der Waals surface area contributed by atoms with Crippen molar-refractivity contribution in [2.75, 3.05) is 5.01 Å². The van der Waals surface area contributed by atoms with Crippen LogP contribution in [0.5, 0.6) is 0 Å². The fourth-order valence-corrected chi connectivity index (χ4v) is 3.75.